The first kappa shape index (κ1) is 18.6. The van der Waals surface area contributed by atoms with E-state index in [2.05, 4.69) is 46.7 Å². The van der Waals surface area contributed by atoms with E-state index < -0.39 is 0 Å². The van der Waals surface area contributed by atoms with Crippen LogP contribution >= 0.6 is 0 Å². The molecule has 1 aromatic carbocycles. The Labute approximate surface area is 159 Å². The second-order valence-corrected chi connectivity index (χ2v) is 6.64. The Morgan fingerprint density at radius 3 is 2.59 bits per heavy atom. The molecule has 3 aromatic rings. The fraction of sp³-hybridized carbons (Fsp3) is 0.286. The highest BCUT2D eigenvalue weighted by Crippen LogP contribution is 2.20. The maximum absolute atomic E-state index is 12.3. The van der Waals surface area contributed by atoms with Gasteiger partial charge in [-0.05, 0) is 39.3 Å². The number of aryl methyl sites for hydroxylation is 3. The summed E-state index contributed by atoms with van der Waals surface area (Å²) in [5, 5.41) is 11.7. The predicted octanol–water partition coefficient (Wildman–Crippen LogP) is 3.72. The molecule has 0 saturated carbocycles. The Hall–Kier alpha value is -3.15. The van der Waals surface area contributed by atoms with Gasteiger partial charge in [-0.15, -0.1) is 0 Å². The summed E-state index contributed by atoms with van der Waals surface area (Å²) in [6.45, 7) is 9.45. The maximum atomic E-state index is 12.3. The van der Waals surface area contributed by atoms with Gasteiger partial charge in [0.05, 0.1) is 29.8 Å². The predicted molar refractivity (Wildman–Crippen MR) is 108 cm³/mol. The van der Waals surface area contributed by atoms with Crippen molar-refractivity contribution in [1.29, 1.82) is 0 Å². The standard InChI is InChI=1S/C21H25N5O/c1-5-25-13-19(12-22-25)10-11-20(27)23-21-16(3)24-26(17(21)4)14-18-8-6-15(2)7-9-18/h6-13H,5,14H2,1-4H3,(H,23,27)/b11-10+. The van der Waals surface area contributed by atoms with E-state index in [4.69, 9.17) is 0 Å². The van der Waals surface area contributed by atoms with Gasteiger partial charge in [0.2, 0.25) is 5.91 Å². The lowest BCUT2D eigenvalue weighted by Crippen LogP contribution is -2.10. The molecule has 27 heavy (non-hydrogen) atoms. The molecule has 0 aliphatic carbocycles. The molecule has 0 radical (unpaired) electrons. The Kier molecular flexibility index (Phi) is 5.54. The van der Waals surface area contributed by atoms with Crippen molar-refractivity contribution in [3.05, 3.63) is 70.8 Å². The third-order valence-corrected chi connectivity index (χ3v) is 4.49. The Morgan fingerprint density at radius 1 is 1.19 bits per heavy atom. The van der Waals surface area contributed by atoms with Gasteiger partial charge in [0.15, 0.2) is 0 Å². The van der Waals surface area contributed by atoms with E-state index in [-0.39, 0.29) is 5.91 Å². The summed E-state index contributed by atoms with van der Waals surface area (Å²) < 4.78 is 3.74. The first-order chi connectivity index (χ1) is 13.0. The molecule has 0 aliphatic heterocycles. The monoisotopic (exact) mass is 363 g/mol. The van der Waals surface area contributed by atoms with E-state index >= 15 is 0 Å². The molecule has 0 unspecified atom stereocenters. The number of benzene rings is 1. The number of carbonyl (C=O) groups excluding carboxylic acids is 1. The molecule has 6 nitrogen and oxygen atoms in total. The number of anilines is 1. The SMILES string of the molecule is CCn1cc(/C=C/C(=O)Nc2c(C)nn(Cc3ccc(C)cc3)c2C)cn1. The average molecular weight is 363 g/mol. The van der Waals surface area contributed by atoms with Gasteiger partial charge >= 0.3 is 0 Å². The summed E-state index contributed by atoms with van der Waals surface area (Å²) in [4.78, 5) is 12.3. The number of aromatic nitrogens is 4. The number of hydrogen-bond donors (Lipinski definition) is 1. The van der Waals surface area contributed by atoms with Crippen LogP contribution in [0.4, 0.5) is 5.69 Å². The fourth-order valence-electron chi connectivity index (χ4n) is 2.87. The molecule has 0 aliphatic rings. The number of nitrogens with one attached hydrogen (secondary N) is 1. The third kappa shape index (κ3) is 4.53. The first-order valence-electron chi connectivity index (χ1n) is 9.07. The van der Waals surface area contributed by atoms with Crippen LogP contribution in [0.1, 0.15) is 35.0 Å². The normalized spacial score (nSPS) is 11.3. The number of nitrogens with zero attached hydrogens (tertiary/aromatic N) is 4. The topological polar surface area (TPSA) is 64.7 Å². The third-order valence-electron chi connectivity index (χ3n) is 4.49. The quantitative estimate of drug-likeness (QED) is 0.679. The van der Waals surface area contributed by atoms with Crippen LogP contribution in [-0.4, -0.2) is 25.5 Å². The number of rotatable bonds is 6. The first-order valence-corrected chi connectivity index (χ1v) is 9.07. The molecule has 0 fully saturated rings. The molecule has 140 valence electrons. The molecule has 1 N–H and O–H groups in total. The van der Waals surface area contributed by atoms with Gasteiger partial charge in [-0.2, -0.15) is 10.2 Å². The van der Waals surface area contributed by atoms with Gasteiger partial charge in [0, 0.05) is 24.4 Å². The number of carbonyl (C=O) groups is 1. The van der Waals surface area contributed by atoms with Crippen molar-refractivity contribution >= 4 is 17.7 Å². The second-order valence-electron chi connectivity index (χ2n) is 6.64. The van der Waals surface area contributed by atoms with E-state index in [1.165, 1.54) is 17.2 Å². The van der Waals surface area contributed by atoms with E-state index in [1.54, 1.807) is 12.3 Å². The van der Waals surface area contributed by atoms with Gasteiger partial charge in [0.1, 0.15) is 0 Å². The second kappa shape index (κ2) is 8.03. The van der Waals surface area contributed by atoms with Gasteiger partial charge in [0.25, 0.3) is 0 Å². The molecule has 0 atom stereocenters. The van der Waals surface area contributed by atoms with Crippen LogP contribution in [0.15, 0.2) is 42.7 Å². The molecule has 2 aromatic heterocycles. The summed E-state index contributed by atoms with van der Waals surface area (Å²) in [5.74, 6) is -0.180. The maximum Gasteiger partial charge on any atom is 0.248 e. The Morgan fingerprint density at radius 2 is 1.93 bits per heavy atom. The molecular formula is C21H25N5O. The molecule has 3 rings (SSSR count). The lowest BCUT2D eigenvalue weighted by Gasteiger charge is -2.06. The molecule has 0 spiro atoms. The Balaban J connectivity index is 1.70. The van der Waals surface area contributed by atoms with Crippen LogP contribution in [0.2, 0.25) is 0 Å². The van der Waals surface area contributed by atoms with E-state index in [9.17, 15) is 4.79 Å². The summed E-state index contributed by atoms with van der Waals surface area (Å²) in [6, 6.07) is 8.39. The largest absolute Gasteiger partial charge is 0.319 e. The minimum absolute atomic E-state index is 0.180. The lowest BCUT2D eigenvalue weighted by atomic mass is 10.1. The van der Waals surface area contributed by atoms with Crippen LogP contribution in [0.25, 0.3) is 6.08 Å². The van der Waals surface area contributed by atoms with E-state index in [1.807, 2.05) is 36.3 Å². The van der Waals surface area contributed by atoms with Crippen molar-refractivity contribution in [3.63, 3.8) is 0 Å². The average Bonchev–Trinajstić information content (AvgIpc) is 3.22. The highest BCUT2D eigenvalue weighted by molar-refractivity contribution is 6.02. The van der Waals surface area contributed by atoms with Crippen molar-refractivity contribution in [3.8, 4) is 0 Å². The number of amides is 1. The summed E-state index contributed by atoms with van der Waals surface area (Å²) in [7, 11) is 0. The minimum Gasteiger partial charge on any atom is -0.319 e. The van der Waals surface area contributed by atoms with Crippen molar-refractivity contribution in [2.45, 2.75) is 40.8 Å². The van der Waals surface area contributed by atoms with Crippen LogP contribution in [0.3, 0.4) is 0 Å². The highest BCUT2D eigenvalue weighted by Gasteiger charge is 2.13. The summed E-state index contributed by atoms with van der Waals surface area (Å²) >= 11 is 0. The Bertz CT molecular complexity index is 963. The zero-order chi connectivity index (χ0) is 19.4. The minimum atomic E-state index is -0.180. The summed E-state index contributed by atoms with van der Waals surface area (Å²) in [5.41, 5.74) is 5.82. The smallest absolute Gasteiger partial charge is 0.248 e. The van der Waals surface area contributed by atoms with Gasteiger partial charge in [-0.25, -0.2) is 0 Å². The molecule has 0 saturated heterocycles. The van der Waals surface area contributed by atoms with Crippen molar-refractivity contribution in [2.24, 2.45) is 0 Å². The molecule has 6 heteroatoms. The molecular weight excluding hydrogens is 338 g/mol. The van der Waals surface area contributed by atoms with Gasteiger partial charge in [-0.1, -0.05) is 29.8 Å². The number of hydrogen-bond acceptors (Lipinski definition) is 3. The zero-order valence-corrected chi connectivity index (χ0v) is 16.2. The van der Waals surface area contributed by atoms with Crippen LogP contribution < -0.4 is 5.32 Å². The molecule has 0 bridgehead atoms. The van der Waals surface area contributed by atoms with Crippen LogP contribution in [-0.2, 0) is 17.9 Å². The van der Waals surface area contributed by atoms with E-state index in [0.29, 0.717) is 6.54 Å². The van der Waals surface area contributed by atoms with Crippen molar-refractivity contribution in [1.82, 2.24) is 19.6 Å². The molecule has 2 heterocycles. The van der Waals surface area contributed by atoms with Crippen LogP contribution in [0, 0.1) is 20.8 Å². The van der Waals surface area contributed by atoms with Crippen molar-refractivity contribution < 1.29 is 4.79 Å². The fourth-order valence-corrected chi connectivity index (χ4v) is 2.87. The van der Waals surface area contributed by atoms with Gasteiger partial charge in [-0.3, -0.25) is 14.2 Å². The van der Waals surface area contributed by atoms with Crippen molar-refractivity contribution in [2.75, 3.05) is 5.32 Å². The van der Waals surface area contributed by atoms with Gasteiger partial charge < -0.3 is 5.32 Å². The molecule has 1 amide bonds. The zero-order valence-electron chi connectivity index (χ0n) is 16.2. The van der Waals surface area contributed by atoms with E-state index in [0.717, 1.165) is 29.2 Å². The van der Waals surface area contributed by atoms with Crippen LogP contribution in [0.5, 0.6) is 0 Å². The summed E-state index contributed by atoms with van der Waals surface area (Å²) in [6.07, 6.45) is 6.92. The highest BCUT2D eigenvalue weighted by atomic mass is 16.1. The lowest BCUT2D eigenvalue weighted by molar-refractivity contribution is -0.111.